The first-order valence-electron chi connectivity index (χ1n) is 6.90. The Bertz CT molecular complexity index is 509. The van der Waals surface area contributed by atoms with E-state index in [1.54, 1.807) is 0 Å². The molecule has 1 heterocycles. The third kappa shape index (κ3) is 2.61. The van der Waals surface area contributed by atoms with Gasteiger partial charge in [-0.05, 0) is 25.7 Å². The van der Waals surface area contributed by atoms with Gasteiger partial charge in [-0.2, -0.15) is 0 Å². The molecule has 0 spiro atoms. The van der Waals surface area contributed by atoms with E-state index in [0.717, 1.165) is 12.8 Å². The quantitative estimate of drug-likeness (QED) is 0.292. The molecule has 4 N–H and O–H groups in total. The summed E-state index contributed by atoms with van der Waals surface area (Å²) in [6.45, 7) is 0.113. The summed E-state index contributed by atoms with van der Waals surface area (Å²) in [7, 11) is -3.08. The highest BCUT2D eigenvalue weighted by atomic mass is 32.2. The van der Waals surface area contributed by atoms with Crippen LogP contribution in [0.25, 0.3) is 0 Å². The van der Waals surface area contributed by atoms with Gasteiger partial charge in [0.2, 0.25) is 5.91 Å². The largest absolute Gasteiger partial charge is 0.409 e. The summed E-state index contributed by atoms with van der Waals surface area (Å²) in [4.78, 5) is 12.4. The van der Waals surface area contributed by atoms with E-state index >= 15 is 0 Å². The SMILES string of the molecule is NC(=NO)C1(C(=O)NCC2CCCS2(=O)=O)CCCC1. The predicted molar refractivity (Wildman–Crippen MR) is 74.1 cm³/mol. The predicted octanol–water partition coefficient (Wildman–Crippen LogP) is -0.0134. The van der Waals surface area contributed by atoms with Crippen LogP contribution in [0.3, 0.4) is 0 Å². The van der Waals surface area contributed by atoms with Crippen LogP contribution in [0.1, 0.15) is 38.5 Å². The maximum absolute atomic E-state index is 12.4. The Balaban J connectivity index is 2.03. The van der Waals surface area contributed by atoms with E-state index in [1.807, 2.05) is 0 Å². The molecule has 1 saturated heterocycles. The highest BCUT2D eigenvalue weighted by Gasteiger charge is 2.45. The van der Waals surface area contributed by atoms with Gasteiger partial charge < -0.3 is 16.3 Å². The molecule has 1 aliphatic heterocycles. The normalized spacial score (nSPS) is 28.4. The van der Waals surface area contributed by atoms with Gasteiger partial charge in [-0.1, -0.05) is 18.0 Å². The summed E-state index contributed by atoms with van der Waals surface area (Å²) < 4.78 is 23.5. The van der Waals surface area contributed by atoms with Crippen LogP contribution in [0.2, 0.25) is 0 Å². The lowest BCUT2D eigenvalue weighted by Crippen LogP contribution is -2.50. The van der Waals surface area contributed by atoms with Gasteiger partial charge >= 0.3 is 0 Å². The molecular weight excluding hydrogens is 282 g/mol. The number of sulfone groups is 1. The van der Waals surface area contributed by atoms with Gasteiger partial charge in [0.1, 0.15) is 5.41 Å². The van der Waals surface area contributed by atoms with Crippen LogP contribution in [-0.4, -0.2) is 42.9 Å². The molecule has 0 bridgehead atoms. The number of hydrogen-bond acceptors (Lipinski definition) is 5. The average molecular weight is 303 g/mol. The van der Waals surface area contributed by atoms with Crippen LogP contribution in [0.5, 0.6) is 0 Å². The minimum atomic E-state index is -3.08. The van der Waals surface area contributed by atoms with Crippen LogP contribution < -0.4 is 11.1 Å². The lowest BCUT2D eigenvalue weighted by Gasteiger charge is -2.26. The molecule has 1 saturated carbocycles. The Kier molecular flexibility index (Phi) is 4.22. The van der Waals surface area contributed by atoms with Crippen molar-refractivity contribution < 1.29 is 18.4 Å². The van der Waals surface area contributed by atoms with Crippen molar-refractivity contribution >= 4 is 21.6 Å². The molecule has 8 heteroatoms. The second kappa shape index (κ2) is 5.59. The summed E-state index contributed by atoms with van der Waals surface area (Å²) >= 11 is 0. The summed E-state index contributed by atoms with van der Waals surface area (Å²) in [5.41, 5.74) is 4.70. The van der Waals surface area contributed by atoms with Crippen LogP contribution >= 0.6 is 0 Å². The third-order valence-corrected chi connectivity index (χ3v) is 6.72. The summed E-state index contributed by atoms with van der Waals surface area (Å²) in [6.07, 6.45) is 3.97. The molecule has 114 valence electrons. The van der Waals surface area contributed by atoms with Crippen molar-refractivity contribution in [2.45, 2.75) is 43.8 Å². The molecule has 1 unspecified atom stereocenters. The first-order valence-corrected chi connectivity index (χ1v) is 8.62. The van der Waals surface area contributed by atoms with E-state index in [2.05, 4.69) is 10.5 Å². The van der Waals surface area contributed by atoms with Crippen molar-refractivity contribution in [2.24, 2.45) is 16.3 Å². The Morgan fingerprint density at radius 2 is 2.00 bits per heavy atom. The van der Waals surface area contributed by atoms with Gasteiger partial charge in [0.05, 0.1) is 11.0 Å². The molecule has 0 radical (unpaired) electrons. The fourth-order valence-corrected chi connectivity index (χ4v) is 4.90. The maximum atomic E-state index is 12.4. The van der Waals surface area contributed by atoms with Gasteiger partial charge in [0, 0.05) is 6.54 Å². The highest BCUT2D eigenvalue weighted by Crippen LogP contribution is 2.38. The van der Waals surface area contributed by atoms with Crippen molar-refractivity contribution in [3.8, 4) is 0 Å². The monoisotopic (exact) mass is 303 g/mol. The standard InChI is InChI=1S/C12H21N3O4S/c13-10(15-17)12(5-1-2-6-12)11(16)14-8-9-4-3-7-20(9,18)19/h9,17H,1-8H2,(H2,13,15)(H,14,16). The van der Waals surface area contributed by atoms with E-state index in [1.165, 1.54) is 0 Å². The van der Waals surface area contributed by atoms with Crippen LogP contribution in [0.4, 0.5) is 0 Å². The van der Waals surface area contributed by atoms with Gasteiger partial charge in [-0.25, -0.2) is 8.42 Å². The Morgan fingerprint density at radius 3 is 2.50 bits per heavy atom. The third-order valence-electron chi connectivity index (χ3n) is 4.44. The highest BCUT2D eigenvalue weighted by molar-refractivity contribution is 7.92. The molecule has 0 aromatic rings. The fourth-order valence-electron chi connectivity index (χ4n) is 3.14. The minimum absolute atomic E-state index is 0.0817. The number of nitrogens with one attached hydrogen (secondary N) is 1. The number of rotatable bonds is 4. The zero-order chi connectivity index (χ0) is 14.8. The molecule has 1 atom stereocenters. The lowest BCUT2D eigenvalue weighted by molar-refractivity contribution is -0.127. The molecule has 0 aromatic carbocycles. The van der Waals surface area contributed by atoms with Crippen molar-refractivity contribution in [1.29, 1.82) is 0 Å². The van der Waals surface area contributed by atoms with Crippen molar-refractivity contribution in [1.82, 2.24) is 5.32 Å². The molecule has 2 fully saturated rings. The molecule has 20 heavy (non-hydrogen) atoms. The van der Waals surface area contributed by atoms with Gasteiger partial charge in [0.25, 0.3) is 0 Å². The smallest absolute Gasteiger partial charge is 0.233 e. The number of amidine groups is 1. The fraction of sp³-hybridized carbons (Fsp3) is 0.833. The molecular formula is C12H21N3O4S. The second-order valence-corrected chi connectivity index (χ2v) is 8.02. The van der Waals surface area contributed by atoms with Gasteiger partial charge in [-0.3, -0.25) is 4.79 Å². The summed E-state index contributed by atoms with van der Waals surface area (Å²) in [5.74, 6) is -0.215. The van der Waals surface area contributed by atoms with Crippen molar-refractivity contribution in [2.75, 3.05) is 12.3 Å². The number of nitrogens with two attached hydrogens (primary N) is 1. The van der Waals surface area contributed by atoms with Crippen molar-refractivity contribution in [3.05, 3.63) is 0 Å². The number of amides is 1. The number of oxime groups is 1. The van der Waals surface area contributed by atoms with Crippen LogP contribution in [-0.2, 0) is 14.6 Å². The first-order chi connectivity index (χ1) is 9.42. The molecule has 1 amide bonds. The minimum Gasteiger partial charge on any atom is -0.409 e. The van der Waals surface area contributed by atoms with Gasteiger partial charge in [-0.15, -0.1) is 0 Å². The van der Waals surface area contributed by atoms with Crippen molar-refractivity contribution in [3.63, 3.8) is 0 Å². The number of carbonyl (C=O) groups excluding carboxylic acids is 1. The lowest BCUT2D eigenvalue weighted by atomic mass is 9.84. The van der Waals surface area contributed by atoms with E-state index in [9.17, 15) is 13.2 Å². The number of carbonyl (C=O) groups is 1. The Labute approximate surface area is 118 Å². The zero-order valence-electron chi connectivity index (χ0n) is 11.3. The Morgan fingerprint density at radius 1 is 1.35 bits per heavy atom. The molecule has 1 aliphatic carbocycles. The van der Waals surface area contributed by atoms with E-state index < -0.39 is 20.5 Å². The maximum Gasteiger partial charge on any atom is 0.233 e. The number of hydrogen-bond donors (Lipinski definition) is 3. The summed E-state index contributed by atoms with van der Waals surface area (Å²) in [5, 5.41) is 14.0. The van der Waals surface area contributed by atoms with Crippen LogP contribution in [0, 0.1) is 5.41 Å². The molecule has 2 aliphatic rings. The molecule has 2 rings (SSSR count). The summed E-state index contributed by atoms with van der Waals surface area (Å²) in [6, 6.07) is 0. The zero-order valence-corrected chi connectivity index (χ0v) is 12.2. The molecule has 7 nitrogen and oxygen atoms in total. The molecule has 0 aromatic heterocycles. The topological polar surface area (TPSA) is 122 Å². The second-order valence-electron chi connectivity index (χ2n) is 5.62. The Hall–Kier alpha value is -1.31. The van der Waals surface area contributed by atoms with E-state index in [-0.39, 0.29) is 24.0 Å². The average Bonchev–Trinajstić information content (AvgIpc) is 3.02. The van der Waals surface area contributed by atoms with Crippen LogP contribution in [0.15, 0.2) is 5.16 Å². The van der Waals surface area contributed by atoms with E-state index in [0.29, 0.717) is 25.7 Å². The first kappa shape index (κ1) is 15.1. The van der Waals surface area contributed by atoms with E-state index in [4.69, 9.17) is 10.9 Å². The number of nitrogens with zero attached hydrogens (tertiary/aromatic N) is 1. The van der Waals surface area contributed by atoms with Gasteiger partial charge in [0.15, 0.2) is 15.7 Å².